The van der Waals surface area contributed by atoms with E-state index in [4.69, 9.17) is 4.74 Å². The molecule has 156 valence electrons. The highest BCUT2D eigenvalue weighted by Crippen LogP contribution is 2.28. The van der Waals surface area contributed by atoms with E-state index in [2.05, 4.69) is 20.4 Å². The molecule has 0 aliphatic carbocycles. The van der Waals surface area contributed by atoms with Gasteiger partial charge in [-0.15, -0.1) is 0 Å². The van der Waals surface area contributed by atoms with Crippen LogP contribution in [0.4, 0.5) is 14.6 Å². The quantitative estimate of drug-likeness (QED) is 0.598. The van der Waals surface area contributed by atoms with Gasteiger partial charge < -0.3 is 9.84 Å². The first-order valence-electron chi connectivity index (χ1n) is 9.04. The monoisotopic (exact) mass is 416 g/mol. The number of hydrogen-bond acceptors (Lipinski definition) is 7. The van der Waals surface area contributed by atoms with Gasteiger partial charge in [0.15, 0.2) is 23.6 Å². The first kappa shape index (κ1) is 19.9. The number of pyridine rings is 2. The summed E-state index contributed by atoms with van der Waals surface area (Å²) in [5.41, 5.74) is 0.181. The normalized spacial score (nSPS) is 17.3. The SMILES string of the molecule is CN1C(=O)[C@@H](NC(O)c2nn(Cc3cncc(F)c3)cc2F)COc2cccnc21. The number of halogens is 2. The lowest BCUT2D eigenvalue weighted by Gasteiger charge is -2.21. The molecule has 0 bridgehead atoms. The molecule has 4 heterocycles. The molecule has 0 saturated carbocycles. The fraction of sp³-hybridized carbons (Fsp3) is 0.263. The maximum absolute atomic E-state index is 14.4. The van der Waals surface area contributed by atoms with E-state index < -0.39 is 29.8 Å². The van der Waals surface area contributed by atoms with E-state index in [1.165, 1.54) is 35.1 Å². The molecule has 0 saturated heterocycles. The second-order valence-corrected chi connectivity index (χ2v) is 6.73. The van der Waals surface area contributed by atoms with Crippen molar-refractivity contribution in [3.63, 3.8) is 0 Å². The summed E-state index contributed by atoms with van der Waals surface area (Å²) in [6, 6.07) is 3.64. The van der Waals surface area contributed by atoms with Gasteiger partial charge in [0.2, 0.25) is 5.91 Å². The van der Waals surface area contributed by atoms with Crippen LogP contribution in [-0.2, 0) is 11.3 Å². The standard InChI is InChI=1S/C19H18F2N6O3/c1-26-17-15(3-2-4-23-17)30-10-14(19(26)29)24-18(28)16-13(21)9-27(25-16)8-11-5-12(20)7-22-6-11/h2-7,9,14,18,24,28H,8,10H2,1H3/t14-,18?/m0/s1. The van der Waals surface area contributed by atoms with Crippen molar-refractivity contribution in [1.82, 2.24) is 25.1 Å². The molecule has 1 aliphatic rings. The zero-order valence-corrected chi connectivity index (χ0v) is 15.9. The number of nitrogens with zero attached hydrogens (tertiary/aromatic N) is 5. The minimum absolute atomic E-state index is 0.0591. The van der Waals surface area contributed by atoms with Crippen molar-refractivity contribution in [2.75, 3.05) is 18.6 Å². The molecule has 3 aromatic heterocycles. The maximum Gasteiger partial charge on any atom is 0.248 e. The Labute approximate surface area is 169 Å². The lowest BCUT2D eigenvalue weighted by Crippen LogP contribution is -2.48. The number of amides is 1. The van der Waals surface area contributed by atoms with E-state index in [1.54, 1.807) is 12.1 Å². The number of ether oxygens (including phenoxy) is 1. The summed E-state index contributed by atoms with van der Waals surface area (Å²) in [4.78, 5) is 21.9. The number of aromatic nitrogens is 4. The zero-order valence-electron chi connectivity index (χ0n) is 15.9. The van der Waals surface area contributed by atoms with Gasteiger partial charge in [-0.2, -0.15) is 5.10 Å². The number of rotatable bonds is 5. The van der Waals surface area contributed by atoms with E-state index in [0.29, 0.717) is 17.1 Å². The average molecular weight is 416 g/mol. The van der Waals surface area contributed by atoms with Crippen molar-refractivity contribution in [3.05, 3.63) is 65.9 Å². The summed E-state index contributed by atoms with van der Waals surface area (Å²) in [6.45, 7) is -0.0280. The second-order valence-electron chi connectivity index (χ2n) is 6.73. The third-order valence-electron chi connectivity index (χ3n) is 4.57. The van der Waals surface area contributed by atoms with E-state index in [1.807, 2.05) is 0 Å². The van der Waals surface area contributed by atoms with Gasteiger partial charge in [0.05, 0.1) is 18.9 Å². The van der Waals surface area contributed by atoms with E-state index in [0.717, 1.165) is 12.4 Å². The van der Waals surface area contributed by atoms with Crippen LogP contribution in [-0.4, -0.2) is 50.5 Å². The predicted molar refractivity (Wildman–Crippen MR) is 101 cm³/mol. The molecule has 2 N–H and O–H groups in total. The Morgan fingerprint density at radius 3 is 3.03 bits per heavy atom. The lowest BCUT2D eigenvalue weighted by molar-refractivity contribution is -0.121. The van der Waals surface area contributed by atoms with Crippen LogP contribution in [0.25, 0.3) is 0 Å². The van der Waals surface area contributed by atoms with E-state index in [9.17, 15) is 18.7 Å². The molecule has 0 radical (unpaired) electrons. The molecule has 9 nitrogen and oxygen atoms in total. The van der Waals surface area contributed by atoms with Gasteiger partial charge in [-0.05, 0) is 23.8 Å². The number of nitrogens with one attached hydrogen (secondary N) is 1. The summed E-state index contributed by atoms with van der Waals surface area (Å²) >= 11 is 0. The topological polar surface area (TPSA) is 105 Å². The molecule has 0 fully saturated rings. The molecule has 2 atom stereocenters. The van der Waals surface area contributed by atoms with Gasteiger partial charge in [-0.25, -0.2) is 13.8 Å². The van der Waals surface area contributed by atoms with Crippen molar-refractivity contribution >= 4 is 11.7 Å². The molecule has 0 spiro atoms. The predicted octanol–water partition coefficient (Wildman–Crippen LogP) is 1.00. The summed E-state index contributed by atoms with van der Waals surface area (Å²) in [7, 11) is 1.53. The molecule has 1 unspecified atom stereocenters. The van der Waals surface area contributed by atoms with Gasteiger partial charge in [-0.1, -0.05) is 0 Å². The Morgan fingerprint density at radius 2 is 2.23 bits per heavy atom. The van der Waals surface area contributed by atoms with Crippen molar-refractivity contribution in [1.29, 1.82) is 0 Å². The minimum atomic E-state index is -1.57. The lowest BCUT2D eigenvalue weighted by atomic mass is 10.2. The van der Waals surface area contributed by atoms with Crippen LogP contribution < -0.4 is 15.0 Å². The molecule has 1 aliphatic heterocycles. The molecular formula is C19H18F2N6O3. The summed E-state index contributed by atoms with van der Waals surface area (Å²) in [5, 5.41) is 17.1. The number of hydrogen-bond donors (Lipinski definition) is 2. The first-order valence-corrected chi connectivity index (χ1v) is 9.04. The number of aliphatic hydroxyl groups excluding tert-OH is 1. The molecule has 0 aromatic carbocycles. The van der Waals surface area contributed by atoms with Crippen LogP contribution in [0.15, 0.2) is 43.0 Å². The number of aliphatic hydroxyl groups is 1. The van der Waals surface area contributed by atoms with Crippen LogP contribution in [0.2, 0.25) is 0 Å². The van der Waals surface area contributed by atoms with Gasteiger partial charge in [-0.3, -0.25) is 24.7 Å². The number of carbonyl (C=O) groups excluding carboxylic acids is 1. The number of likely N-dealkylation sites (N-methyl/N-ethyl adjacent to an activating group) is 1. The summed E-state index contributed by atoms with van der Waals surface area (Å²) < 4.78 is 34.4. The van der Waals surface area contributed by atoms with Gasteiger partial charge in [0.1, 0.15) is 24.2 Å². The fourth-order valence-corrected chi connectivity index (χ4v) is 3.13. The van der Waals surface area contributed by atoms with Crippen LogP contribution in [0.5, 0.6) is 5.75 Å². The highest BCUT2D eigenvalue weighted by atomic mass is 19.1. The third kappa shape index (κ3) is 3.98. The fourth-order valence-electron chi connectivity index (χ4n) is 3.13. The molecule has 1 amide bonds. The van der Waals surface area contributed by atoms with Crippen LogP contribution in [0.1, 0.15) is 17.5 Å². The smallest absolute Gasteiger partial charge is 0.248 e. The largest absolute Gasteiger partial charge is 0.488 e. The highest BCUT2D eigenvalue weighted by molar-refractivity contribution is 5.97. The number of anilines is 1. The van der Waals surface area contributed by atoms with Crippen LogP contribution in [0.3, 0.4) is 0 Å². The highest BCUT2D eigenvalue weighted by Gasteiger charge is 2.32. The molecule has 4 rings (SSSR count). The molecular weight excluding hydrogens is 398 g/mol. The Bertz CT molecular complexity index is 1080. The van der Waals surface area contributed by atoms with Crippen molar-refractivity contribution in [2.45, 2.75) is 18.8 Å². The van der Waals surface area contributed by atoms with Crippen molar-refractivity contribution in [2.24, 2.45) is 0 Å². The summed E-state index contributed by atoms with van der Waals surface area (Å²) in [5.74, 6) is -0.933. The Balaban J connectivity index is 1.48. The van der Waals surface area contributed by atoms with E-state index >= 15 is 0 Å². The van der Waals surface area contributed by atoms with Gasteiger partial charge in [0, 0.05) is 19.4 Å². The third-order valence-corrected chi connectivity index (χ3v) is 4.57. The number of fused-ring (bicyclic) bond motifs is 1. The van der Waals surface area contributed by atoms with Crippen LogP contribution in [0, 0.1) is 11.6 Å². The zero-order chi connectivity index (χ0) is 21.3. The summed E-state index contributed by atoms with van der Waals surface area (Å²) in [6.07, 6.45) is 3.52. The van der Waals surface area contributed by atoms with Gasteiger partial charge in [0.25, 0.3) is 0 Å². The van der Waals surface area contributed by atoms with Crippen LogP contribution >= 0.6 is 0 Å². The molecule has 30 heavy (non-hydrogen) atoms. The second kappa shape index (κ2) is 8.13. The maximum atomic E-state index is 14.4. The molecule has 11 heteroatoms. The average Bonchev–Trinajstić information content (AvgIpc) is 3.04. The number of carbonyl (C=O) groups is 1. The van der Waals surface area contributed by atoms with Gasteiger partial charge >= 0.3 is 0 Å². The molecule has 3 aromatic rings. The first-order chi connectivity index (χ1) is 14.4. The van der Waals surface area contributed by atoms with E-state index in [-0.39, 0.29) is 18.8 Å². The minimum Gasteiger partial charge on any atom is -0.488 e. The van der Waals surface area contributed by atoms with Crippen molar-refractivity contribution < 1.29 is 23.4 Å². The Hall–Kier alpha value is -3.44. The Kier molecular flexibility index (Phi) is 5.38. The Morgan fingerprint density at radius 1 is 1.40 bits per heavy atom. The van der Waals surface area contributed by atoms with Crippen molar-refractivity contribution in [3.8, 4) is 5.75 Å².